The third-order valence-corrected chi connectivity index (χ3v) is 7.79. The van der Waals surface area contributed by atoms with E-state index in [9.17, 15) is 4.39 Å². The molecule has 0 aliphatic rings. The number of rotatable bonds is 6. The van der Waals surface area contributed by atoms with E-state index in [2.05, 4.69) is 0 Å². The summed E-state index contributed by atoms with van der Waals surface area (Å²) >= 11 is 0. The summed E-state index contributed by atoms with van der Waals surface area (Å²) < 4.78 is 30.5. The van der Waals surface area contributed by atoms with E-state index < -0.39 is 17.1 Å². The molecular weight excluding hydrogens is 267 g/mol. The topological polar surface area (TPSA) is 27.7 Å². The van der Waals surface area contributed by atoms with Crippen molar-refractivity contribution in [3.63, 3.8) is 0 Å². The van der Waals surface area contributed by atoms with Gasteiger partial charge in [-0.15, -0.1) is 0 Å². The zero-order valence-electron chi connectivity index (χ0n) is 11.6. The Morgan fingerprint density at radius 2 is 1.78 bits per heavy atom. The van der Waals surface area contributed by atoms with Gasteiger partial charge in [-0.2, -0.15) is 0 Å². The molecule has 18 heavy (non-hydrogen) atoms. The predicted octanol–water partition coefficient (Wildman–Crippen LogP) is 3.66. The van der Waals surface area contributed by atoms with E-state index in [0.717, 1.165) is 0 Å². The second kappa shape index (κ2) is 5.96. The Bertz CT molecular complexity index is 397. The van der Waals surface area contributed by atoms with Crippen molar-refractivity contribution in [2.24, 2.45) is 0 Å². The average molecular weight is 288 g/mol. The molecule has 0 atom stereocenters. The molecule has 0 aliphatic carbocycles. The minimum absolute atomic E-state index is 0.307. The monoisotopic (exact) mass is 288 g/mol. The van der Waals surface area contributed by atoms with Gasteiger partial charge < -0.3 is 13.0 Å². The van der Waals surface area contributed by atoms with Crippen LogP contribution in [0.2, 0.25) is 26.2 Å². The van der Waals surface area contributed by atoms with Crippen LogP contribution in [0.5, 0.6) is 5.75 Å². The summed E-state index contributed by atoms with van der Waals surface area (Å²) in [5.74, 6) is 0.201. The summed E-state index contributed by atoms with van der Waals surface area (Å²) in [6, 6.07) is 6.12. The highest BCUT2D eigenvalue weighted by atomic mass is 28.5. The molecule has 6 heteroatoms. The molecule has 3 nitrogen and oxygen atoms in total. The lowest BCUT2D eigenvalue weighted by Crippen LogP contribution is -2.50. The van der Waals surface area contributed by atoms with Gasteiger partial charge >= 0.3 is 17.1 Å². The summed E-state index contributed by atoms with van der Waals surface area (Å²) in [7, 11) is -4.53. The van der Waals surface area contributed by atoms with Gasteiger partial charge in [0, 0.05) is 12.7 Å². The van der Waals surface area contributed by atoms with E-state index in [1.54, 1.807) is 12.1 Å². The van der Waals surface area contributed by atoms with Crippen molar-refractivity contribution in [3.05, 3.63) is 30.1 Å². The molecule has 0 N–H and O–H groups in total. The average Bonchev–Trinajstić information content (AvgIpc) is 2.13. The molecule has 0 heterocycles. The number of hydrogen-bond acceptors (Lipinski definition) is 3. The van der Waals surface area contributed by atoms with Gasteiger partial charge in [0.15, 0.2) is 0 Å². The molecule has 102 valence electrons. The number of halogens is 1. The molecule has 0 unspecified atom stereocenters. The van der Waals surface area contributed by atoms with Crippen LogP contribution in [0.25, 0.3) is 0 Å². The molecule has 0 bridgehead atoms. The Balaban J connectivity index is 2.70. The highest BCUT2D eigenvalue weighted by molar-refractivity contribution is 6.79. The Kier molecular flexibility index (Phi) is 5.09. The van der Waals surface area contributed by atoms with Gasteiger partial charge in [-0.05, 0) is 45.2 Å². The molecule has 0 radical (unpaired) electrons. The summed E-state index contributed by atoms with van der Waals surface area (Å²) in [5.41, 5.74) is 0. The Morgan fingerprint density at radius 3 is 2.33 bits per heavy atom. The SMILES string of the molecule is CCO[Si](C)(C)O[Si](C)(C)Oc1cccc(F)c1. The zero-order valence-corrected chi connectivity index (χ0v) is 13.6. The van der Waals surface area contributed by atoms with Crippen molar-refractivity contribution in [1.82, 2.24) is 0 Å². The van der Waals surface area contributed by atoms with Crippen molar-refractivity contribution in [2.75, 3.05) is 6.61 Å². The standard InChI is InChI=1S/C12H21FO3Si2/c1-6-14-17(2,3)16-18(4,5)15-12-9-7-8-11(13)10-12/h7-10H,6H2,1-5H3. The molecule has 0 aliphatic heterocycles. The molecule has 1 rings (SSSR count). The number of benzene rings is 1. The fourth-order valence-corrected chi connectivity index (χ4v) is 8.33. The maximum absolute atomic E-state index is 13.1. The lowest BCUT2D eigenvalue weighted by atomic mass is 10.3. The molecule has 0 spiro atoms. The van der Waals surface area contributed by atoms with Crippen LogP contribution in [0.15, 0.2) is 24.3 Å². The zero-order chi connectivity index (χ0) is 13.8. The second-order valence-electron chi connectivity index (χ2n) is 4.89. The number of hydrogen-bond donors (Lipinski definition) is 0. The van der Waals surface area contributed by atoms with E-state index in [1.165, 1.54) is 12.1 Å². The normalized spacial score (nSPS) is 12.6. The molecule has 1 aromatic rings. The second-order valence-corrected chi connectivity index (χ2v) is 11.8. The first-order valence-corrected chi connectivity index (χ1v) is 11.7. The molecule has 0 amide bonds. The van der Waals surface area contributed by atoms with Crippen molar-refractivity contribution in [1.29, 1.82) is 0 Å². The van der Waals surface area contributed by atoms with Gasteiger partial charge in [0.25, 0.3) is 0 Å². The molecule has 0 fully saturated rings. The largest absolute Gasteiger partial charge is 0.521 e. The minimum atomic E-state index is -2.37. The van der Waals surface area contributed by atoms with Crippen LogP contribution in [-0.2, 0) is 8.54 Å². The maximum atomic E-state index is 13.1. The third-order valence-electron chi connectivity index (χ3n) is 2.14. The van der Waals surface area contributed by atoms with Gasteiger partial charge in [0.05, 0.1) is 0 Å². The van der Waals surface area contributed by atoms with Crippen molar-refractivity contribution < 1.29 is 17.4 Å². The van der Waals surface area contributed by atoms with Gasteiger partial charge in [-0.3, -0.25) is 0 Å². The van der Waals surface area contributed by atoms with Gasteiger partial charge in [-0.25, -0.2) is 4.39 Å². The Morgan fingerprint density at radius 1 is 1.11 bits per heavy atom. The van der Waals surface area contributed by atoms with Crippen LogP contribution >= 0.6 is 0 Å². The Hall–Kier alpha value is -0.696. The highest BCUT2D eigenvalue weighted by Crippen LogP contribution is 2.21. The van der Waals surface area contributed by atoms with Crippen LogP contribution < -0.4 is 4.43 Å². The summed E-state index contributed by atoms with van der Waals surface area (Å²) in [4.78, 5) is 0. The minimum Gasteiger partial charge on any atom is -0.521 e. The van der Waals surface area contributed by atoms with Crippen LogP contribution in [-0.4, -0.2) is 23.7 Å². The lowest BCUT2D eigenvalue weighted by molar-refractivity contribution is 0.243. The van der Waals surface area contributed by atoms with E-state index in [4.69, 9.17) is 13.0 Å². The fraction of sp³-hybridized carbons (Fsp3) is 0.500. The molecule has 0 saturated carbocycles. The summed E-state index contributed by atoms with van der Waals surface area (Å²) in [5, 5.41) is 0. The lowest BCUT2D eigenvalue weighted by Gasteiger charge is -2.32. The van der Waals surface area contributed by atoms with Crippen molar-refractivity contribution in [3.8, 4) is 5.75 Å². The fourth-order valence-electron chi connectivity index (χ4n) is 1.80. The predicted molar refractivity (Wildman–Crippen MR) is 74.7 cm³/mol. The Labute approximate surface area is 110 Å². The molecular formula is C12H21FO3Si2. The van der Waals surface area contributed by atoms with Crippen LogP contribution in [0.1, 0.15) is 6.92 Å². The van der Waals surface area contributed by atoms with Crippen LogP contribution in [0.3, 0.4) is 0 Å². The van der Waals surface area contributed by atoms with Crippen molar-refractivity contribution >= 4 is 17.1 Å². The highest BCUT2D eigenvalue weighted by Gasteiger charge is 2.37. The first kappa shape index (κ1) is 15.4. The first-order chi connectivity index (χ1) is 8.24. The van der Waals surface area contributed by atoms with Crippen molar-refractivity contribution in [2.45, 2.75) is 33.1 Å². The maximum Gasteiger partial charge on any atom is 0.383 e. The van der Waals surface area contributed by atoms with E-state index in [1.807, 2.05) is 33.1 Å². The van der Waals surface area contributed by atoms with Gasteiger partial charge in [-0.1, -0.05) is 6.07 Å². The van der Waals surface area contributed by atoms with Gasteiger partial charge in [0.2, 0.25) is 0 Å². The van der Waals surface area contributed by atoms with E-state index in [0.29, 0.717) is 12.4 Å². The summed E-state index contributed by atoms with van der Waals surface area (Å²) in [6.45, 7) is 10.4. The third kappa shape index (κ3) is 5.30. The smallest absolute Gasteiger partial charge is 0.383 e. The first-order valence-electron chi connectivity index (χ1n) is 6.03. The molecule has 0 aromatic heterocycles. The van der Waals surface area contributed by atoms with Crippen LogP contribution in [0, 0.1) is 5.82 Å². The molecule has 0 saturated heterocycles. The summed E-state index contributed by atoms with van der Waals surface area (Å²) in [6.07, 6.45) is 0. The van der Waals surface area contributed by atoms with E-state index in [-0.39, 0.29) is 5.82 Å². The van der Waals surface area contributed by atoms with Gasteiger partial charge in [0.1, 0.15) is 11.6 Å². The molecule has 1 aromatic carbocycles. The quantitative estimate of drug-likeness (QED) is 0.748. The van der Waals surface area contributed by atoms with Crippen LogP contribution in [0.4, 0.5) is 4.39 Å². The van der Waals surface area contributed by atoms with E-state index >= 15 is 0 Å².